The van der Waals surface area contributed by atoms with Gasteiger partial charge in [-0.05, 0) is 18.1 Å². The summed E-state index contributed by atoms with van der Waals surface area (Å²) in [5.74, 6) is 1.70. The lowest BCUT2D eigenvalue weighted by atomic mass is 10.1. The van der Waals surface area contributed by atoms with Crippen LogP contribution in [-0.2, 0) is 26.1 Å². The lowest BCUT2D eigenvalue weighted by Gasteiger charge is -2.09. The Kier molecular flexibility index (Phi) is 4.55. The molecule has 0 bridgehead atoms. The number of nitrogens with zero attached hydrogens (tertiary/aromatic N) is 8. The minimum absolute atomic E-state index is 0.513. The van der Waals surface area contributed by atoms with Crippen molar-refractivity contribution in [1.29, 1.82) is 0 Å². The smallest absolute Gasteiger partial charge is 0.172 e. The van der Waals surface area contributed by atoms with Gasteiger partial charge in [-0.3, -0.25) is 0 Å². The lowest BCUT2D eigenvalue weighted by molar-refractivity contribution is 0.587. The van der Waals surface area contributed by atoms with E-state index in [9.17, 15) is 0 Å². The van der Waals surface area contributed by atoms with Crippen molar-refractivity contribution < 1.29 is 0 Å². The summed E-state index contributed by atoms with van der Waals surface area (Å²) >= 11 is 0. The van der Waals surface area contributed by atoms with Crippen molar-refractivity contribution in [3.05, 3.63) is 78.4 Å². The van der Waals surface area contributed by atoms with E-state index in [0.29, 0.717) is 13.1 Å². The molecule has 0 unspecified atom stereocenters. The maximum absolute atomic E-state index is 4.74. The summed E-state index contributed by atoms with van der Waals surface area (Å²) in [6.45, 7) is 4.15. The number of hydrogen-bond donors (Lipinski definition) is 0. The standard InChI is InChI=1S/C18H20N8/c1-15-4-2-3-5-16(15)10-26-18(6-8-24-9-7-19-13-24)22-17(23-26)11-25-14-20-12-21-25/h2-5,7,9,12-14H,6,8,10-11H2,1H3. The molecule has 0 radical (unpaired) electrons. The molecule has 0 aliphatic rings. The molecule has 0 amide bonds. The first-order valence-corrected chi connectivity index (χ1v) is 8.53. The van der Waals surface area contributed by atoms with Gasteiger partial charge in [-0.1, -0.05) is 24.3 Å². The molecular weight excluding hydrogens is 328 g/mol. The number of aromatic nitrogens is 8. The van der Waals surface area contributed by atoms with E-state index in [1.807, 2.05) is 21.8 Å². The van der Waals surface area contributed by atoms with E-state index in [1.165, 1.54) is 17.5 Å². The van der Waals surface area contributed by atoms with Crippen molar-refractivity contribution in [2.45, 2.75) is 33.0 Å². The van der Waals surface area contributed by atoms with Gasteiger partial charge in [0.1, 0.15) is 25.0 Å². The van der Waals surface area contributed by atoms with Crippen LogP contribution in [0.15, 0.2) is 55.6 Å². The van der Waals surface area contributed by atoms with E-state index in [4.69, 9.17) is 10.1 Å². The Morgan fingerprint density at radius 1 is 1.04 bits per heavy atom. The molecule has 0 aliphatic carbocycles. The zero-order valence-corrected chi connectivity index (χ0v) is 14.6. The molecule has 132 valence electrons. The zero-order valence-electron chi connectivity index (χ0n) is 14.6. The number of hydrogen-bond acceptors (Lipinski definition) is 5. The van der Waals surface area contributed by atoms with Crippen molar-refractivity contribution >= 4 is 0 Å². The van der Waals surface area contributed by atoms with Gasteiger partial charge >= 0.3 is 0 Å². The summed E-state index contributed by atoms with van der Waals surface area (Å²) < 4.78 is 5.77. The lowest BCUT2D eigenvalue weighted by Crippen LogP contribution is -2.10. The quantitative estimate of drug-likeness (QED) is 0.508. The third-order valence-electron chi connectivity index (χ3n) is 4.30. The number of aryl methyl sites for hydroxylation is 3. The SMILES string of the molecule is Cc1ccccc1Cn1nc(Cn2cncn2)nc1CCn1ccnc1. The minimum atomic E-state index is 0.513. The first kappa shape index (κ1) is 16.2. The summed E-state index contributed by atoms with van der Waals surface area (Å²) in [6, 6.07) is 8.36. The normalized spacial score (nSPS) is 11.1. The fourth-order valence-electron chi connectivity index (χ4n) is 2.86. The maximum atomic E-state index is 4.74. The highest BCUT2D eigenvalue weighted by Gasteiger charge is 2.12. The van der Waals surface area contributed by atoms with Gasteiger partial charge in [-0.15, -0.1) is 0 Å². The third kappa shape index (κ3) is 3.69. The van der Waals surface area contributed by atoms with Gasteiger partial charge in [-0.2, -0.15) is 10.2 Å². The van der Waals surface area contributed by atoms with Gasteiger partial charge in [-0.25, -0.2) is 24.3 Å². The summed E-state index contributed by atoms with van der Waals surface area (Å²) in [5.41, 5.74) is 2.50. The topological polar surface area (TPSA) is 79.2 Å². The van der Waals surface area contributed by atoms with E-state index in [-0.39, 0.29) is 0 Å². The second-order valence-corrected chi connectivity index (χ2v) is 6.17. The Morgan fingerprint density at radius 3 is 2.73 bits per heavy atom. The Hall–Kier alpha value is -3.29. The first-order chi connectivity index (χ1) is 12.8. The number of benzene rings is 1. The Morgan fingerprint density at radius 2 is 1.96 bits per heavy atom. The second kappa shape index (κ2) is 7.30. The van der Waals surface area contributed by atoms with Crippen LogP contribution in [0.4, 0.5) is 0 Å². The van der Waals surface area contributed by atoms with Crippen LogP contribution in [0.5, 0.6) is 0 Å². The van der Waals surface area contributed by atoms with Crippen molar-refractivity contribution in [2.24, 2.45) is 0 Å². The highest BCUT2D eigenvalue weighted by Crippen LogP contribution is 2.11. The summed E-state index contributed by atoms with van der Waals surface area (Å²) in [6.07, 6.45) is 9.54. The molecule has 0 N–H and O–H groups in total. The Bertz CT molecular complexity index is 953. The second-order valence-electron chi connectivity index (χ2n) is 6.17. The van der Waals surface area contributed by atoms with Crippen molar-refractivity contribution in [3.8, 4) is 0 Å². The largest absolute Gasteiger partial charge is 0.337 e. The summed E-state index contributed by atoms with van der Waals surface area (Å²) in [7, 11) is 0. The van der Waals surface area contributed by atoms with E-state index in [2.05, 4.69) is 46.3 Å². The van der Waals surface area contributed by atoms with Gasteiger partial charge in [0.2, 0.25) is 0 Å². The van der Waals surface area contributed by atoms with Crippen molar-refractivity contribution in [2.75, 3.05) is 0 Å². The van der Waals surface area contributed by atoms with E-state index >= 15 is 0 Å². The average molecular weight is 348 g/mol. The van der Waals surface area contributed by atoms with Crippen molar-refractivity contribution in [3.63, 3.8) is 0 Å². The first-order valence-electron chi connectivity index (χ1n) is 8.53. The Balaban J connectivity index is 1.58. The van der Waals surface area contributed by atoms with E-state index in [0.717, 1.165) is 24.6 Å². The van der Waals surface area contributed by atoms with Gasteiger partial charge in [0.15, 0.2) is 5.82 Å². The molecule has 26 heavy (non-hydrogen) atoms. The van der Waals surface area contributed by atoms with Gasteiger partial charge in [0.25, 0.3) is 0 Å². The summed E-state index contributed by atoms with van der Waals surface area (Å²) in [5, 5.41) is 8.85. The van der Waals surface area contributed by atoms with Crippen LogP contribution in [0.3, 0.4) is 0 Å². The van der Waals surface area contributed by atoms with Gasteiger partial charge in [0, 0.05) is 25.4 Å². The summed E-state index contributed by atoms with van der Waals surface area (Å²) in [4.78, 5) is 12.8. The van der Waals surface area contributed by atoms with Crippen LogP contribution >= 0.6 is 0 Å². The fraction of sp³-hybridized carbons (Fsp3) is 0.278. The molecule has 0 atom stereocenters. The molecule has 4 aromatic rings. The molecule has 0 saturated carbocycles. The molecule has 0 fully saturated rings. The Labute approximate surface area is 151 Å². The zero-order chi connectivity index (χ0) is 17.8. The monoisotopic (exact) mass is 348 g/mol. The van der Waals surface area contributed by atoms with Crippen LogP contribution in [0.1, 0.15) is 22.8 Å². The average Bonchev–Trinajstić information content (AvgIpc) is 3.38. The molecule has 8 heteroatoms. The molecule has 0 spiro atoms. The predicted molar refractivity (Wildman–Crippen MR) is 95.4 cm³/mol. The molecule has 1 aromatic carbocycles. The molecular formula is C18H20N8. The predicted octanol–water partition coefficient (Wildman–Crippen LogP) is 1.71. The minimum Gasteiger partial charge on any atom is -0.337 e. The van der Waals surface area contributed by atoms with Gasteiger partial charge in [0.05, 0.1) is 12.9 Å². The van der Waals surface area contributed by atoms with E-state index in [1.54, 1.807) is 17.2 Å². The van der Waals surface area contributed by atoms with E-state index < -0.39 is 0 Å². The number of rotatable bonds is 7. The fourth-order valence-corrected chi connectivity index (χ4v) is 2.86. The highest BCUT2D eigenvalue weighted by molar-refractivity contribution is 5.25. The van der Waals surface area contributed by atoms with Crippen LogP contribution in [0, 0.1) is 6.92 Å². The molecule has 8 nitrogen and oxygen atoms in total. The van der Waals surface area contributed by atoms with Crippen LogP contribution < -0.4 is 0 Å². The molecule has 0 saturated heterocycles. The van der Waals surface area contributed by atoms with Crippen LogP contribution in [-0.4, -0.2) is 39.1 Å². The van der Waals surface area contributed by atoms with Crippen LogP contribution in [0.25, 0.3) is 0 Å². The molecule has 4 rings (SSSR count). The van der Waals surface area contributed by atoms with Gasteiger partial charge < -0.3 is 4.57 Å². The van der Waals surface area contributed by atoms with Crippen molar-refractivity contribution in [1.82, 2.24) is 39.1 Å². The van der Waals surface area contributed by atoms with Crippen LogP contribution in [0.2, 0.25) is 0 Å². The third-order valence-corrected chi connectivity index (χ3v) is 4.30. The molecule has 0 aliphatic heterocycles. The molecule has 3 heterocycles. The number of imidazole rings is 1. The molecule has 3 aromatic heterocycles. The highest BCUT2D eigenvalue weighted by atomic mass is 15.4. The maximum Gasteiger partial charge on any atom is 0.172 e.